The number of likely N-dealkylation sites (tertiary alicyclic amines) is 2. The highest BCUT2D eigenvalue weighted by molar-refractivity contribution is 5.91. The Labute approximate surface area is 211 Å². The van der Waals surface area contributed by atoms with E-state index in [-0.39, 0.29) is 17.2 Å². The number of β-amino-alcohol motifs (C(OH)–C–C–N with tert-alkyl or cyclic N) is 1. The van der Waals surface area contributed by atoms with Crippen LogP contribution in [0.2, 0.25) is 0 Å². The third-order valence-electron chi connectivity index (χ3n) is 8.56. The lowest BCUT2D eigenvalue weighted by molar-refractivity contribution is -0.128. The molecule has 0 aliphatic carbocycles. The molecule has 3 aliphatic rings. The van der Waals surface area contributed by atoms with Crippen molar-refractivity contribution in [2.24, 2.45) is 5.92 Å². The predicted molar refractivity (Wildman–Crippen MR) is 138 cm³/mol. The fourth-order valence-corrected chi connectivity index (χ4v) is 6.35. The molecule has 2 aromatic rings. The average Bonchev–Trinajstić information content (AvgIpc) is 3.14. The number of fused-ring (bicyclic) bond motifs is 2. The number of rotatable bonds is 5. The van der Waals surface area contributed by atoms with Crippen LogP contribution in [0.15, 0.2) is 48.5 Å². The number of aliphatic hydroxyl groups is 1. The van der Waals surface area contributed by atoms with Crippen LogP contribution in [0, 0.1) is 17.6 Å². The van der Waals surface area contributed by atoms with Gasteiger partial charge in [0.25, 0.3) is 0 Å². The highest BCUT2D eigenvalue weighted by atomic mass is 19.1. The number of carbonyl (C=O) groups excluding carboxylic acids is 1. The van der Waals surface area contributed by atoms with Crippen LogP contribution in [-0.2, 0) is 10.2 Å². The molecule has 2 aromatic carbocycles. The number of benzene rings is 2. The van der Waals surface area contributed by atoms with Gasteiger partial charge in [-0.1, -0.05) is 18.2 Å². The van der Waals surface area contributed by atoms with E-state index in [1.54, 1.807) is 4.90 Å². The fourth-order valence-electron chi connectivity index (χ4n) is 6.35. The maximum Gasteiger partial charge on any atom is 0.246 e. The molecule has 5 nitrogen and oxygen atoms in total. The van der Waals surface area contributed by atoms with E-state index in [1.165, 1.54) is 35.5 Å². The van der Waals surface area contributed by atoms with Crippen LogP contribution < -0.4 is 5.32 Å². The van der Waals surface area contributed by atoms with E-state index in [1.807, 2.05) is 0 Å². The number of halogens is 2. The van der Waals surface area contributed by atoms with Crippen LogP contribution >= 0.6 is 0 Å². The first-order valence-electron chi connectivity index (χ1n) is 13.0. The topological polar surface area (TPSA) is 55.8 Å². The molecule has 2 fully saturated rings. The number of anilines is 1. The van der Waals surface area contributed by atoms with Crippen molar-refractivity contribution in [3.63, 3.8) is 0 Å². The van der Waals surface area contributed by atoms with Gasteiger partial charge in [-0.25, -0.2) is 8.78 Å². The molecule has 2 N–H and O–H groups in total. The van der Waals surface area contributed by atoms with Gasteiger partial charge >= 0.3 is 0 Å². The molecule has 7 heteroatoms. The van der Waals surface area contributed by atoms with Crippen molar-refractivity contribution in [1.82, 2.24) is 9.80 Å². The number of para-hydroxylation sites is 1. The second-order valence-electron chi connectivity index (χ2n) is 10.6. The van der Waals surface area contributed by atoms with E-state index in [9.17, 15) is 18.7 Å². The number of amides is 1. The molecule has 192 valence electrons. The summed E-state index contributed by atoms with van der Waals surface area (Å²) in [5.41, 5.74) is 3.19. The maximum atomic E-state index is 13.3. The minimum atomic E-state index is -0.667. The van der Waals surface area contributed by atoms with Gasteiger partial charge < -0.3 is 20.2 Å². The molecule has 5 rings (SSSR count). The number of nitrogens with one attached hydrogen (secondary N) is 1. The Kier molecular flexibility index (Phi) is 7.13. The van der Waals surface area contributed by atoms with Gasteiger partial charge in [0.15, 0.2) is 0 Å². The molecule has 0 saturated carbocycles. The first-order valence-corrected chi connectivity index (χ1v) is 13.0. The summed E-state index contributed by atoms with van der Waals surface area (Å²) in [5.74, 6) is -1.34. The number of nitrogens with zero attached hydrogens (tertiary/aromatic N) is 2. The number of piperidine rings is 2. The third-order valence-corrected chi connectivity index (χ3v) is 8.56. The molecule has 2 saturated heterocycles. The van der Waals surface area contributed by atoms with Crippen molar-refractivity contribution >= 4 is 17.7 Å². The Morgan fingerprint density at radius 1 is 1.11 bits per heavy atom. The zero-order valence-corrected chi connectivity index (χ0v) is 20.8. The molecule has 3 heterocycles. The lowest BCUT2D eigenvalue weighted by Gasteiger charge is -2.43. The van der Waals surface area contributed by atoms with Crippen molar-refractivity contribution in [3.05, 3.63) is 71.3 Å². The van der Waals surface area contributed by atoms with Crippen LogP contribution in [0.1, 0.15) is 43.7 Å². The Morgan fingerprint density at radius 3 is 2.47 bits per heavy atom. The second-order valence-corrected chi connectivity index (χ2v) is 10.6. The van der Waals surface area contributed by atoms with Gasteiger partial charge in [-0.3, -0.25) is 4.79 Å². The molecule has 3 aliphatic heterocycles. The smallest absolute Gasteiger partial charge is 0.246 e. The van der Waals surface area contributed by atoms with Crippen molar-refractivity contribution in [1.29, 1.82) is 0 Å². The van der Waals surface area contributed by atoms with Crippen LogP contribution in [0.5, 0.6) is 0 Å². The predicted octanol–water partition coefficient (Wildman–Crippen LogP) is 4.43. The largest absolute Gasteiger partial charge is 0.392 e. The number of aliphatic hydroxyl groups excluding tert-OH is 1. The normalized spacial score (nSPS) is 23.1. The molecule has 0 radical (unpaired) electrons. The van der Waals surface area contributed by atoms with Gasteiger partial charge in [-0.2, -0.15) is 0 Å². The first-order chi connectivity index (χ1) is 17.3. The van der Waals surface area contributed by atoms with E-state index in [0.29, 0.717) is 31.2 Å². The molecule has 36 heavy (non-hydrogen) atoms. The molecule has 0 bridgehead atoms. The fraction of sp³-hybridized carbons (Fsp3) is 0.483. The third kappa shape index (κ3) is 5.04. The summed E-state index contributed by atoms with van der Waals surface area (Å²) in [7, 11) is 0. The van der Waals surface area contributed by atoms with E-state index in [0.717, 1.165) is 44.8 Å². The van der Waals surface area contributed by atoms with Crippen LogP contribution in [0.3, 0.4) is 0 Å². The summed E-state index contributed by atoms with van der Waals surface area (Å²) in [5, 5.41) is 14.6. The monoisotopic (exact) mass is 495 g/mol. The van der Waals surface area contributed by atoms with Crippen molar-refractivity contribution in [2.75, 3.05) is 38.0 Å². The number of hydrogen-bond donors (Lipinski definition) is 2. The lowest BCUT2D eigenvalue weighted by Crippen LogP contribution is -2.50. The Balaban J connectivity index is 1.09. The van der Waals surface area contributed by atoms with Crippen LogP contribution in [-0.4, -0.2) is 65.7 Å². The van der Waals surface area contributed by atoms with Gasteiger partial charge in [0.2, 0.25) is 5.91 Å². The van der Waals surface area contributed by atoms with Crippen molar-refractivity contribution < 1.29 is 18.7 Å². The van der Waals surface area contributed by atoms with Gasteiger partial charge in [0, 0.05) is 48.9 Å². The summed E-state index contributed by atoms with van der Waals surface area (Å²) in [6, 6.07) is 12.3. The van der Waals surface area contributed by atoms with E-state index >= 15 is 0 Å². The molecular weight excluding hydrogens is 460 g/mol. The zero-order valence-electron chi connectivity index (χ0n) is 20.8. The van der Waals surface area contributed by atoms with Crippen LogP contribution in [0.25, 0.3) is 6.08 Å². The quantitative estimate of drug-likeness (QED) is 0.603. The minimum Gasteiger partial charge on any atom is -0.392 e. The molecule has 2 atom stereocenters. The van der Waals surface area contributed by atoms with E-state index < -0.39 is 17.7 Å². The Bertz CT molecular complexity index is 1100. The molecule has 2 unspecified atom stereocenters. The highest BCUT2D eigenvalue weighted by Crippen LogP contribution is 2.47. The molecule has 1 spiro atoms. The van der Waals surface area contributed by atoms with E-state index in [2.05, 4.69) is 41.4 Å². The SMILES string of the molecule is CC1Nc2ccccc2C12CCN(CC(O)C1CCN(C(=O)/C=C/c3cc(F)cc(F)c3)CC1)CC2. The average molecular weight is 496 g/mol. The van der Waals surface area contributed by atoms with Crippen molar-refractivity contribution in [2.45, 2.75) is 50.2 Å². The summed E-state index contributed by atoms with van der Waals surface area (Å²) < 4.78 is 26.7. The molecule has 1 amide bonds. The standard InChI is InChI=1S/C29H35F2N3O2/c1-20-29(25-4-2-3-5-26(25)32-20)10-14-33(15-11-29)19-27(35)22-8-12-34(13-9-22)28(36)7-6-21-16-23(30)18-24(31)17-21/h2-7,16-18,20,22,27,32,35H,8-15,19H2,1H3/b7-6+. The summed E-state index contributed by atoms with van der Waals surface area (Å²) >= 11 is 0. The van der Waals surface area contributed by atoms with Gasteiger partial charge in [-0.15, -0.1) is 0 Å². The Hall–Kier alpha value is -2.77. The summed E-state index contributed by atoms with van der Waals surface area (Å²) in [6.07, 6.45) is 6.07. The first kappa shape index (κ1) is 24.9. The number of carbonyl (C=O) groups is 1. The second kappa shape index (κ2) is 10.3. The summed E-state index contributed by atoms with van der Waals surface area (Å²) in [4.78, 5) is 16.7. The summed E-state index contributed by atoms with van der Waals surface area (Å²) in [6.45, 7) is 6.05. The number of hydrogen-bond acceptors (Lipinski definition) is 4. The van der Waals surface area contributed by atoms with Crippen molar-refractivity contribution in [3.8, 4) is 0 Å². The highest BCUT2D eigenvalue weighted by Gasteiger charge is 2.46. The lowest BCUT2D eigenvalue weighted by atomic mass is 9.70. The van der Waals surface area contributed by atoms with Gasteiger partial charge in [0.05, 0.1) is 6.10 Å². The molecular formula is C29H35F2N3O2. The zero-order chi connectivity index (χ0) is 25.3. The van der Waals surface area contributed by atoms with Gasteiger partial charge in [-0.05, 0) is 87.0 Å². The minimum absolute atomic E-state index is 0.166. The molecule has 0 aromatic heterocycles. The Morgan fingerprint density at radius 2 is 1.78 bits per heavy atom. The van der Waals surface area contributed by atoms with E-state index in [4.69, 9.17) is 0 Å². The maximum absolute atomic E-state index is 13.3. The van der Waals surface area contributed by atoms with Crippen LogP contribution in [0.4, 0.5) is 14.5 Å². The van der Waals surface area contributed by atoms with Gasteiger partial charge in [0.1, 0.15) is 11.6 Å².